The van der Waals surface area contributed by atoms with Crippen LogP contribution in [0.2, 0.25) is 0 Å². The van der Waals surface area contributed by atoms with Crippen LogP contribution in [0.4, 0.5) is 0 Å². The molecule has 0 amide bonds. The first-order valence-electron chi connectivity index (χ1n) is 5.87. The summed E-state index contributed by atoms with van der Waals surface area (Å²) in [4.78, 5) is 0. The molecule has 0 aromatic carbocycles. The summed E-state index contributed by atoms with van der Waals surface area (Å²) in [7, 11) is 2.00. The Balaban J connectivity index is 4.68. The molecule has 0 aliphatic rings. The molecule has 0 rings (SSSR count). The lowest BCUT2D eigenvalue weighted by atomic mass is 9.81. The lowest BCUT2D eigenvalue weighted by Gasteiger charge is -2.30. The van der Waals surface area contributed by atoms with Crippen LogP contribution in [-0.2, 0) is 0 Å². The van der Waals surface area contributed by atoms with Crippen molar-refractivity contribution >= 4 is 0 Å². The second-order valence-electron chi connectivity index (χ2n) is 5.01. The Morgan fingerprint density at radius 2 is 1.27 bits per heavy atom. The number of hydrogen-bond acceptors (Lipinski definition) is 1. The van der Waals surface area contributed by atoms with Gasteiger partial charge in [0.1, 0.15) is 0 Å². The average Bonchev–Trinajstić information content (AvgIpc) is 2.16. The van der Waals surface area contributed by atoms with Crippen molar-refractivity contribution in [2.75, 3.05) is 7.05 Å². The zero-order chi connectivity index (χ0) is 12.2. The summed E-state index contributed by atoms with van der Waals surface area (Å²) in [6.45, 7) is 19.4. The average molecular weight is 209 g/mol. The fraction of sp³-hybridized carbons (Fsp3) is 0.714. The number of nitrogens with one attached hydrogen (secondary N) is 1. The summed E-state index contributed by atoms with van der Waals surface area (Å²) in [6, 6.07) is 0.347. The molecule has 0 fully saturated rings. The summed E-state index contributed by atoms with van der Waals surface area (Å²) >= 11 is 0. The maximum atomic E-state index is 4.18. The molecule has 1 N–H and O–H groups in total. The van der Waals surface area contributed by atoms with Crippen LogP contribution in [-0.4, -0.2) is 13.1 Å². The van der Waals surface area contributed by atoms with Crippen LogP contribution in [0.3, 0.4) is 0 Å². The zero-order valence-electron chi connectivity index (χ0n) is 11.2. The van der Waals surface area contributed by atoms with Gasteiger partial charge in [-0.15, -0.1) is 0 Å². The highest BCUT2D eigenvalue weighted by atomic mass is 14.9. The molecule has 0 saturated heterocycles. The molecule has 2 atom stereocenters. The molecule has 0 heterocycles. The van der Waals surface area contributed by atoms with Gasteiger partial charge >= 0.3 is 0 Å². The van der Waals surface area contributed by atoms with E-state index in [1.807, 2.05) is 7.05 Å². The van der Waals surface area contributed by atoms with Gasteiger partial charge in [0.15, 0.2) is 0 Å². The Bertz CT molecular complexity index is 225. The molecule has 0 aromatic heterocycles. The van der Waals surface area contributed by atoms with E-state index in [0.29, 0.717) is 23.8 Å². The van der Waals surface area contributed by atoms with E-state index in [1.54, 1.807) is 0 Å². The Morgan fingerprint density at radius 3 is 1.53 bits per heavy atom. The monoisotopic (exact) mass is 209 g/mol. The highest BCUT2D eigenvalue weighted by molar-refractivity contribution is 5.17. The number of likely N-dealkylation sites (N-methyl/N-ethyl adjacent to an activating group) is 1. The molecule has 0 spiro atoms. The fourth-order valence-electron chi connectivity index (χ4n) is 1.86. The van der Waals surface area contributed by atoms with Gasteiger partial charge in [0, 0.05) is 6.04 Å². The van der Waals surface area contributed by atoms with Gasteiger partial charge in [-0.2, -0.15) is 0 Å². The minimum absolute atomic E-state index is 0.347. The van der Waals surface area contributed by atoms with E-state index in [0.717, 1.165) is 0 Å². The van der Waals surface area contributed by atoms with Crippen molar-refractivity contribution < 1.29 is 0 Å². The number of hydrogen-bond donors (Lipinski definition) is 1. The highest BCUT2D eigenvalue weighted by Gasteiger charge is 2.23. The van der Waals surface area contributed by atoms with Crippen LogP contribution in [0.15, 0.2) is 24.3 Å². The van der Waals surface area contributed by atoms with Gasteiger partial charge in [-0.05, 0) is 24.8 Å². The van der Waals surface area contributed by atoms with Crippen molar-refractivity contribution in [2.24, 2.45) is 17.8 Å². The van der Waals surface area contributed by atoms with Crippen molar-refractivity contribution in [1.82, 2.24) is 5.32 Å². The van der Waals surface area contributed by atoms with Gasteiger partial charge in [-0.3, -0.25) is 0 Å². The minimum Gasteiger partial charge on any atom is -0.313 e. The molecule has 0 bridgehead atoms. The Kier molecular flexibility index (Phi) is 5.89. The summed E-state index contributed by atoms with van der Waals surface area (Å²) in [5.41, 5.74) is 2.57. The highest BCUT2D eigenvalue weighted by Crippen LogP contribution is 2.26. The fourth-order valence-corrected chi connectivity index (χ4v) is 1.86. The second-order valence-corrected chi connectivity index (χ2v) is 5.01. The SMILES string of the molecule is C=C(C(C)C)C(C)C(NC)C(=C)C(C)C. The lowest BCUT2D eigenvalue weighted by molar-refractivity contribution is 0.440. The summed E-state index contributed by atoms with van der Waals surface area (Å²) in [5.74, 6) is 1.51. The van der Waals surface area contributed by atoms with E-state index in [1.165, 1.54) is 11.1 Å². The van der Waals surface area contributed by atoms with Crippen molar-refractivity contribution in [1.29, 1.82) is 0 Å². The van der Waals surface area contributed by atoms with E-state index < -0.39 is 0 Å². The van der Waals surface area contributed by atoms with E-state index in [2.05, 4.69) is 53.1 Å². The quantitative estimate of drug-likeness (QED) is 0.659. The molecule has 88 valence electrons. The van der Waals surface area contributed by atoms with Crippen molar-refractivity contribution in [3.8, 4) is 0 Å². The van der Waals surface area contributed by atoms with Gasteiger partial charge in [-0.25, -0.2) is 0 Å². The first kappa shape index (κ1) is 14.4. The van der Waals surface area contributed by atoms with E-state index in [9.17, 15) is 0 Å². The molecule has 0 aromatic rings. The number of rotatable bonds is 6. The van der Waals surface area contributed by atoms with Crippen LogP contribution in [0, 0.1) is 17.8 Å². The van der Waals surface area contributed by atoms with E-state index in [-0.39, 0.29) is 0 Å². The third kappa shape index (κ3) is 3.83. The first-order chi connectivity index (χ1) is 6.82. The van der Waals surface area contributed by atoms with Crippen LogP contribution >= 0.6 is 0 Å². The van der Waals surface area contributed by atoms with Crippen LogP contribution in [0.1, 0.15) is 34.6 Å². The third-order valence-electron chi connectivity index (χ3n) is 3.28. The lowest BCUT2D eigenvalue weighted by Crippen LogP contribution is -2.36. The molecule has 0 saturated carbocycles. The first-order valence-corrected chi connectivity index (χ1v) is 5.87. The van der Waals surface area contributed by atoms with Crippen LogP contribution < -0.4 is 5.32 Å². The smallest absolute Gasteiger partial charge is 0.0339 e. The Morgan fingerprint density at radius 1 is 0.867 bits per heavy atom. The van der Waals surface area contributed by atoms with Crippen molar-refractivity contribution in [3.05, 3.63) is 24.3 Å². The Hall–Kier alpha value is -0.560. The molecule has 1 heteroatoms. The van der Waals surface area contributed by atoms with E-state index >= 15 is 0 Å². The van der Waals surface area contributed by atoms with Crippen LogP contribution in [0.25, 0.3) is 0 Å². The predicted octanol–water partition coefficient (Wildman–Crippen LogP) is 3.63. The molecule has 15 heavy (non-hydrogen) atoms. The molecule has 0 radical (unpaired) electrons. The second kappa shape index (κ2) is 6.12. The normalized spacial score (nSPS) is 15.5. The molecular weight excluding hydrogens is 182 g/mol. The maximum Gasteiger partial charge on any atom is 0.0339 e. The molecule has 0 aliphatic heterocycles. The van der Waals surface area contributed by atoms with Crippen LogP contribution in [0.5, 0.6) is 0 Å². The van der Waals surface area contributed by atoms with Gasteiger partial charge < -0.3 is 5.32 Å². The Labute approximate surface area is 95.7 Å². The maximum absolute atomic E-state index is 4.18. The topological polar surface area (TPSA) is 12.0 Å². The van der Waals surface area contributed by atoms with Crippen molar-refractivity contribution in [2.45, 2.75) is 40.7 Å². The largest absolute Gasteiger partial charge is 0.313 e. The van der Waals surface area contributed by atoms with Gasteiger partial charge in [0.05, 0.1) is 0 Å². The molecule has 1 nitrogen and oxygen atoms in total. The van der Waals surface area contributed by atoms with Gasteiger partial charge in [-0.1, -0.05) is 58.9 Å². The van der Waals surface area contributed by atoms with Gasteiger partial charge in [0.2, 0.25) is 0 Å². The van der Waals surface area contributed by atoms with E-state index in [4.69, 9.17) is 0 Å². The standard InChI is InChI=1S/C14H27N/c1-9(2)11(5)13(7)14(15-8)12(6)10(3)4/h9-10,13-15H,5-6H2,1-4,7-8H3. The third-order valence-corrected chi connectivity index (χ3v) is 3.28. The molecule has 0 aliphatic carbocycles. The molecule has 2 unspecified atom stereocenters. The summed E-state index contributed by atoms with van der Waals surface area (Å²) in [5, 5.41) is 3.36. The zero-order valence-corrected chi connectivity index (χ0v) is 11.2. The minimum atomic E-state index is 0.347. The summed E-state index contributed by atoms with van der Waals surface area (Å²) < 4.78 is 0. The molecular formula is C14H27N. The summed E-state index contributed by atoms with van der Waals surface area (Å²) in [6.07, 6.45) is 0. The van der Waals surface area contributed by atoms with Crippen molar-refractivity contribution in [3.63, 3.8) is 0 Å². The predicted molar refractivity (Wildman–Crippen MR) is 70.0 cm³/mol. The van der Waals surface area contributed by atoms with Gasteiger partial charge in [0.25, 0.3) is 0 Å².